The fourth-order valence-electron chi connectivity index (χ4n) is 8.04. The number of nitrogens with zero attached hydrogens (tertiary/aromatic N) is 2. The molecule has 4 aliphatic rings. The first-order valence-electron chi connectivity index (χ1n) is 13.6. The maximum Gasteiger partial charge on any atom is 0.303 e. The summed E-state index contributed by atoms with van der Waals surface area (Å²) in [5.41, 5.74) is 1.36. The molecular weight excluding hydrogens is 516 g/mol. The van der Waals surface area contributed by atoms with Gasteiger partial charge in [-0.25, -0.2) is 8.42 Å². The maximum atomic E-state index is 13.8. The number of esters is 1. The summed E-state index contributed by atoms with van der Waals surface area (Å²) in [6.07, 6.45) is 3.79. The zero-order valence-electron chi connectivity index (χ0n) is 22.8. The summed E-state index contributed by atoms with van der Waals surface area (Å²) in [6.45, 7) is 6.89. The van der Waals surface area contributed by atoms with Gasteiger partial charge in [0.1, 0.15) is 11.7 Å². The van der Waals surface area contributed by atoms with Crippen molar-refractivity contribution in [3.63, 3.8) is 0 Å². The van der Waals surface area contributed by atoms with E-state index in [1.165, 1.54) is 11.2 Å². The number of likely N-dealkylation sites (tertiary alicyclic amines) is 1. The quantitative estimate of drug-likeness (QED) is 0.366. The Kier molecular flexibility index (Phi) is 6.32. The highest BCUT2D eigenvalue weighted by Gasteiger charge is 2.75. The molecule has 208 valence electrons. The lowest BCUT2D eigenvalue weighted by Gasteiger charge is -2.65. The summed E-state index contributed by atoms with van der Waals surface area (Å²) in [5, 5.41) is 0. The van der Waals surface area contributed by atoms with E-state index < -0.39 is 33.2 Å². The Morgan fingerprint density at radius 1 is 1.23 bits per heavy atom. The van der Waals surface area contributed by atoms with E-state index in [4.69, 9.17) is 14.2 Å². The second-order valence-corrected chi connectivity index (χ2v) is 13.3. The van der Waals surface area contributed by atoms with Gasteiger partial charge in [-0.3, -0.25) is 9.69 Å². The number of rotatable bonds is 8. The second kappa shape index (κ2) is 9.35. The third-order valence-corrected chi connectivity index (χ3v) is 11.3. The van der Waals surface area contributed by atoms with E-state index >= 15 is 0 Å². The average molecular weight is 553 g/mol. The number of sulfonamides is 1. The molecule has 0 N–H and O–H groups in total. The van der Waals surface area contributed by atoms with Gasteiger partial charge in [0.05, 0.1) is 30.4 Å². The van der Waals surface area contributed by atoms with Gasteiger partial charge in [-0.1, -0.05) is 42.5 Å². The molecule has 2 aliphatic carbocycles. The van der Waals surface area contributed by atoms with Crippen molar-refractivity contribution in [2.75, 3.05) is 27.2 Å². The fourth-order valence-corrected chi connectivity index (χ4v) is 9.49. The van der Waals surface area contributed by atoms with E-state index in [9.17, 15) is 13.2 Å². The summed E-state index contributed by atoms with van der Waals surface area (Å²) in [5.74, 6) is 0.858. The van der Waals surface area contributed by atoms with Gasteiger partial charge >= 0.3 is 5.97 Å². The van der Waals surface area contributed by atoms with Gasteiger partial charge in [-0.15, -0.1) is 6.58 Å². The van der Waals surface area contributed by atoms with E-state index in [-0.39, 0.29) is 17.8 Å². The van der Waals surface area contributed by atoms with E-state index in [0.717, 1.165) is 23.2 Å². The zero-order chi connectivity index (χ0) is 27.6. The molecule has 9 heteroatoms. The zero-order valence-corrected chi connectivity index (χ0v) is 23.6. The van der Waals surface area contributed by atoms with Crippen LogP contribution in [0, 0.1) is 0 Å². The van der Waals surface area contributed by atoms with Crippen LogP contribution in [0.15, 0.2) is 55.1 Å². The highest BCUT2D eigenvalue weighted by atomic mass is 32.2. The lowest BCUT2D eigenvalue weighted by Crippen LogP contribution is -2.79. The molecule has 0 unspecified atom stereocenters. The Bertz CT molecular complexity index is 1410. The minimum Gasteiger partial charge on any atom is -0.493 e. The molecule has 2 aliphatic heterocycles. The summed E-state index contributed by atoms with van der Waals surface area (Å²) in [4.78, 5) is 15.1. The smallest absolute Gasteiger partial charge is 0.303 e. The highest BCUT2D eigenvalue weighted by molar-refractivity contribution is 7.88. The lowest BCUT2D eigenvalue weighted by atomic mass is 9.48. The molecule has 5 atom stereocenters. The molecule has 6 rings (SSSR count). The van der Waals surface area contributed by atoms with Crippen LogP contribution in [0.2, 0.25) is 0 Å². The third kappa shape index (κ3) is 3.69. The molecule has 39 heavy (non-hydrogen) atoms. The number of methoxy groups -OCH3 is 1. The van der Waals surface area contributed by atoms with Gasteiger partial charge in [-0.05, 0) is 42.9 Å². The number of benzene rings is 2. The Morgan fingerprint density at radius 2 is 2.00 bits per heavy atom. The first kappa shape index (κ1) is 26.3. The Morgan fingerprint density at radius 3 is 2.69 bits per heavy atom. The van der Waals surface area contributed by atoms with Crippen molar-refractivity contribution < 1.29 is 27.4 Å². The lowest BCUT2D eigenvalue weighted by molar-refractivity contribution is -0.220. The molecule has 2 aromatic carbocycles. The molecule has 8 nitrogen and oxygen atoms in total. The number of hydrogen-bond acceptors (Lipinski definition) is 7. The first-order chi connectivity index (χ1) is 18.7. The maximum absolute atomic E-state index is 13.8. The fraction of sp³-hybridized carbons (Fsp3) is 0.500. The average Bonchev–Trinajstić information content (AvgIpc) is 3.25. The first-order valence-corrected chi connectivity index (χ1v) is 15.2. The molecule has 2 aromatic rings. The van der Waals surface area contributed by atoms with Crippen LogP contribution in [0.3, 0.4) is 0 Å². The van der Waals surface area contributed by atoms with E-state index in [0.29, 0.717) is 43.7 Å². The molecule has 0 amide bonds. The van der Waals surface area contributed by atoms with Crippen LogP contribution in [-0.2, 0) is 37.1 Å². The van der Waals surface area contributed by atoms with Crippen LogP contribution in [-0.4, -0.2) is 74.6 Å². The molecule has 2 fully saturated rings. The molecule has 0 aromatic heterocycles. The summed E-state index contributed by atoms with van der Waals surface area (Å²) in [6, 6.07) is 12.8. The number of ether oxygens (including phenoxy) is 3. The van der Waals surface area contributed by atoms with Crippen molar-refractivity contribution >= 4 is 16.0 Å². The number of carbonyl (C=O) groups excluding carboxylic acids is 1. The van der Waals surface area contributed by atoms with E-state index in [2.05, 4.69) is 17.5 Å². The van der Waals surface area contributed by atoms with Crippen molar-refractivity contribution in [2.45, 2.75) is 67.6 Å². The van der Waals surface area contributed by atoms with E-state index in [1.807, 2.05) is 42.5 Å². The van der Waals surface area contributed by atoms with E-state index in [1.54, 1.807) is 14.2 Å². The molecule has 2 heterocycles. The second-order valence-electron chi connectivity index (χ2n) is 11.2. The number of carbonyl (C=O) groups is 1. The molecule has 2 bridgehead atoms. The summed E-state index contributed by atoms with van der Waals surface area (Å²) < 4.78 is 48.0. The number of likely N-dealkylation sites (N-methyl/N-ethyl adjacent to an activating group) is 1. The van der Waals surface area contributed by atoms with Crippen LogP contribution in [0.4, 0.5) is 0 Å². The predicted octanol–water partition coefficient (Wildman–Crippen LogP) is 3.44. The Labute approximate surface area is 230 Å². The number of hydrogen-bond donors (Lipinski definition) is 0. The predicted molar refractivity (Wildman–Crippen MR) is 147 cm³/mol. The van der Waals surface area contributed by atoms with Gasteiger partial charge in [0, 0.05) is 32.6 Å². The van der Waals surface area contributed by atoms with Gasteiger partial charge in [0.25, 0.3) is 0 Å². The van der Waals surface area contributed by atoms with Crippen LogP contribution in [0.5, 0.6) is 11.5 Å². The van der Waals surface area contributed by atoms with Crippen molar-refractivity contribution in [1.82, 2.24) is 9.21 Å². The van der Waals surface area contributed by atoms with Crippen molar-refractivity contribution in [3.05, 3.63) is 71.8 Å². The van der Waals surface area contributed by atoms with Gasteiger partial charge < -0.3 is 14.2 Å². The van der Waals surface area contributed by atoms with Crippen molar-refractivity contribution in [2.24, 2.45) is 0 Å². The van der Waals surface area contributed by atoms with Gasteiger partial charge in [0.15, 0.2) is 11.5 Å². The van der Waals surface area contributed by atoms with Crippen molar-refractivity contribution in [3.8, 4) is 11.5 Å². The number of piperidine rings is 1. The third-order valence-electron chi connectivity index (χ3n) is 9.49. The molecule has 1 spiro atoms. The molecular formula is C30H36N2O6S. The monoisotopic (exact) mass is 552 g/mol. The molecule has 0 radical (unpaired) electrons. The SMILES string of the molecule is C=CCN1CC[C@]23c4c5ccc(OC)c4O[C@H]2[C@H](N(C)S(=O)(=O)Cc2ccccc2)CC[C@@]3(OC(C)=O)[C@H]1C5. The van der Waals surface area contributed by atoms with Crippen LogP contribution in [0.25, 0.3) is 0 Å². The standard InChI is InChI=1S/C30H36N2O6S/c1-5-16-32-17-15-29-26-22-11-12-24(36-4)27(26)37-28(29)23(13-14-30(29,25(32)18-22)38-20(2)33)31(3)39(34,35)19-21-9-7-6-8-10-21/h5-12,23,25,28H,1,13-19H2,2-4H3/t23-,25-,28+,29+,30-/m1/s1. The topological polar surface area (TPSA) is 85.4 Å². The van der Waals surface area contributed by atoms with Gasteiger partial charge in [0.2, 0.25) is 10.0 Å². The van der Waals surface area contributed by atoms with Crippen LogP contribution >= 0.6 is 0 Å². The minimum absolute atomic E-state index is 0.0710. The minimum atomic E-state index is -3.67. The summed E-state index contributed by atoms with van der Waals surface area (Å²) in [7, 11) is -0.386. The Hall–Kier alpha value is -2.88. The summed E-state index contributed by atoms with van der Waals surface area (Å²) >= 11 is 0. The largest absolute Gasteiger partial charge is 0.493 e. The van der Waals surface area contributed by atoms with Crippen LogP contribution < -0.4 is 9.47 Å². The highest BCUT2D eigenvalue weighted by Crippen LogP contribution is 2.67. The van der Waals surface area contributed by atoms with Crippen LogP contribution in [0.1, 0.15) is 42.9 Å². The van der Waals surface area contributed by atoms with Crippen molar-refractivity contribution in [1.29, 1.82) is 0 Å². The molecule has 1 saturated carbocycles. The molecule has 1 saturated heterocycles. The Balaban J connectivity index is 1.50. The van der Waals surface area contributed by atoms with Gasteiger partial charge in [-0.2, -0.15) is 4.31 Å². The normalized spacial score (nSPS) is 30.8.